The van der Waals surface area contributed by atoms with Crippen LogP contribution >= 0.6 is 11.6 Å². The van der Waals surface area contributed by atoms with E-state index < -0.39 is 28.3 Å². The second-order valence-corrected chi connectivity index (χ2v) is 9.29. The molecule has 0 aliphatic heterocycles. The summed E-state index contributed by atoms with van der Waals surface area (Å²) in [6.45, 7) is 1.25. The Balaban J connectivity index is 1.86. The predicted octanol–water partition coefficient (Wildman–Crippen LogP) is 4.87. The number of sulfonamides is 1. The van der Waals surface area contributed by atoms with E-state index in [0.717, 1.165) is 16.3 Å². The van der Waals surface area contributed by atoms with E-state index in [-0.39, 0.29) is 17.0 Å². The van der Waals surface area contributed by atoms with Gasteiger partial charge in [-0.1, -0.05) is 48.9 Å². The van der Waals surface area contributed by atoms with Crippen LogP contribution in [0.4, 0.5) is 10.1 Å². The first-order valence-corrected chi connectivity index (χ1v) is 11.5. The van der Waals surface area contributed by atoms with Crippen molar-refractivity contribution in [2.75, 3.05) is 11.9 Å². The van der Waals surface area contributed by atoms with E-state index in [4.69, 9.17) is 11.6 Å². The smallest absolute Gasteiger partial charge is 0.243 e. The summed E-state index contributed by atoms with van der Waals surface area (Å²) in [5.74, 6) is -1.08. The topological polar surface area (TPSA) is 66.5 Å². The molecule has 1 N–H and O–H groups in total. The normalized spacial score (nSPS) is 11.5. The molecule has 5 nitrogen and oxygen atoms in total. The van der Waals surface area contributed by atoms with Crippen LogP contribution in [-0.2, 0) is 27.8 Å². The fraction of sp³-hybridized carbons (Fsp3) is 0.174. The van der Waals surface area contributed by atoms with E-state index in [9.17, 15) is 17.6 Å². The number of anilines is 1. The maximum atomic E-state index is 14.2. The minimum Gasteiger partial charge on any atom is -0.325 e. The molecule has 0 heterocycles. The van der Waals surface area contributed by atoms with E-state index in [1.165, 1.54) is 42.5 Å². The first kappa shape index (κ1) is 22.9. The van der Waals surface area contributed by atoms with Gasteiger partial charge in [-0.3, -0.25) is 4.79 Å². The summed E-state index contributed by atoms with van der Waals surface area (Å²) >= 11 is 5.87. The summed E-state index contributed by atoms with van der Waals surface area (Å²) in [4.78, 5) is 12.6. The van der Waals surface area contributed by atoms with Crippen molar-refractivity contribution < 1.29 is 17.6 Å². The zero-order valence-electron chi connectivity index (χ0n) is 16.9. The van der Waals surface area contributed by atoms with Gasteiger partial charge in [-0.15, -0.1) is 0 Å². The van der Waals surface area contributed by atoms with Gasteiger partial charge in [-0.25, -0.2) is 12.8 Å². The third kappa shape index (κ3) is 5.91. The fourth-order valence-electron chi connectivity index (χ4n) is 2.98. The highest BCUT2D eigenvalue weighted by Gasteiger charge is 2.27. The lowest BCUT2D eigenvalue weighted by Gasteiger charge is -2.22. The van der Waals surface area contributed by atoms with E-state index in [2.05, 4.69) is 5.32 Å². The molecule has 31 heavy (non-hydrogen) atoms. The number of nitrogens with one attached hydrogen (secondary N) is 1. The Morgan fingerprint density at radius 2 is 1.65 bits per heavy atom. The Morgan fingerprint density at radius 3 is 2.26 bits per heavy atom. The summed E-state index contributed by atoms with van der Waals surface area (Å²) in [5.41, 5.74) is 1.83. The van der Waals surface area contributed by atoms with Gasteiger partial charge in [0.25, 0.3) is 0 Å². The van der Waals surface area contributed by atoms with E-state index in [1.807, 2.05) is 19.1 Å². The van der Waals surface area contributed by atoms with Gasteiger partial charge in [0.1, 0.15) is 5.82 Å². The molecule has 3 aromatic rings. The fourth-order valence-corrected chi connectivity index (χ4v) is 4.48. The number of rotatable bonds is 8. The summed E-state index contributed by atoms with van der Waals surface area (Å²) in [6, 6.07) is 18.8. The zero-order valence-corrected chi connectivity index (χ0v) is 18.5. The van der Waals surface area contributed by atoms with Crippen LogP contribution in [-0.4, -0.2) is 25.2 Å². The molecule has 0 aliphatic carbocycles. The third-order valence-corrected chi connectivity index (χ3v) is 6.78. The predicted molar refractivity (Wildman–Crippen MR) is 120 cm³/mol. The van der Waals surface area contributed by atoms with Gasteiger partial charge in [0.05, 0.1) is 11.4 Å². The van der Waals surface area contributed by atoms with Gasteiger partial charge < -0.3 is 5.32 Å². The Morgan fingerprint density at radius 1 is 1.00 bits per heavy atom. The van der Waals surface area contributed by atoms with E-state index >= 15 is 0 Å². The number of benzene rings is 3. The van der Waals surface area contributed by atoms with Crippen LogP contribution in [0.1, 0.15) is 18.1 Å². The number of hydrogen-bond donors (Lipinski definition) is 1. The first-order chi connectivity index (χ1) is 14.8. The molecule has 0 saturated carbocycles. The van der Waals surface area contributed by atoms with Crippen molar-refractivity contribution in [3.05, 3.63) is 94.8 Å². The number of carbonyl (C=O) groups excluding carboxylic acids is 1. The SMILES string of the molecule is CCc1ccc(NC(=O)CN(Cc2ccccc2F)S(=O)(=O)c2ccc(Cl)cc2)cc1. The summed E-state index contributed by atoms with van der Waals surface area (Å²) in [5, 5.41) is 3.08. The van der Waals surface area contributed by atoms with Gasteiger partial charge in [-0.05, 0) is 54.4 Å². The molecule has 0 atom stereocenters. The number of halogens is 2. The second-order valence-electron chi connectivity index (χ2n) is 6.92. The molecule has 0 aromatic heterocycles. The van der Waals surface area contributed by atoms with Crippen LogP contribution in [0.25, 0.3) is 0 Å². The highest BCUT2D eigenvalue weighted by Crippen LogP contribution is 2.22. The van der Waals surface area contributed by atoms with Gasteiger partial charge in [-0.2, -0.15) is 4.31 Å². The molecule has 0 spiro atoms. The largest absolute Gasteiger partial charge is 0.325 e. The molecule has 0 aliphatic rings. The lowest BCUT2D eigenvalue weighted by molar-refractivity contribution is -0.116. The van der Waals surface area contributed by atoms with Crippen molar-refractivity contribution in [1.29, 1.82) is 0 Å². The molecule has 1 amide bonds. The highest BCUT2D eigenvalue weighted by atomic mass is 35.5. The number of carbonyl (C=O) groups is 1. The minimum atomic E-state index is -4.08. The average Bonchev–Trinajstić information content (AvgIpc) is 2.75. The highest BCUT2D eigenvalue weighted by molar-refractivity contribution is 7.89. The quantitative estimate of drug-likeness (QED) is 0.521. The monoisotopic (exact) mass is 460 g/mol. The number of aryl methyl sites for hydroxylation is 1. The van der Waals surface area contributed by atoms with Gasteiger partial charge >= 0.3 is 0 Å². The van der Waals surface area contributed by atoms with Crippen LogP contribution in [0.2, 0.25) is 5.02 Å². The maximum absolute atomic E-state index is 14.2. The molecule has 0 radical (unpaired) electrons. The van der Waals surface area contributed by atoms with Crippen molar-refractivity contribution in [2.24, 2.45) is 0 Å². The molecular weight excluding hydrogens is 439 g/mol. The van der Waals surface area contributed by atoms with Crippen molar-refractivity contribution in [1.82, 2.24) is 4.31 Å². The third-order valence-electron chi connectivity index (χ3n) is 4.72. The summed E-state index contributed by atoms with van der Waals surface area (Å²) in [6.07, 6.45) is 0.865. The second kappa shape index (κ2) is 10.0. The lowest BCUT2D eigenvalue weighted by atomic mass is 10.1. The molecule has 162 valence electrons. The van der Waals surface area contributed by atoms with Gasteiger partial charge in [0, 0.05) is 22.8 Å². The van der Waals surface area contributed by atoms with Crippen molar-refractivity contribution >= 4 is 33.2 Å². The number of nitrogens with zero attached hydrogens (tertiary/aromatic N) is 1. The first-order valence-electron chi connectivity index (χ1n) is 9.67. The molecule has 3 rings (SSSR count). The van der Waals surface area contributed by atoms with Crippen molar-refractivity contribution in [2.45, 2.75) is 24.8 Å². The Bertz CT molecular complexity index is 1150. The van der Waals surface area contributed by atoms with Crippen LogP contribution in [0.3, 0.4) is 0 Å². The maximum Gasteiger partial charge on any atom is 0.243 e. The molecule has 3 aromatic carbocycles. The molecule has 0 saturated heterocycles. The molecule has 0 unspecified atom stereocenters. The average molecular weight is 461 g/mol. The van der Waals surface area contributed by atoms with Gasteiger partial charge in [0.2, 0.25) is 15.9 Å². The molecule has 8 heteroatoms. The Hall–Kier alpha value is -2.74. The van der Waals surface area contributed by atoms with E-state index in [1.54, 1.807) is 18.2 Å². The molecule has 0 bridgehead atoms. The lowest BCUT2D eigenvalue weighted by Crippen LogP contribution is -2.37. The summed E-state index contributed by atoms with van der Waals surface area (Å²) in [7, 11) is -4.08. The van der Waals surface area contributed by atoms with Crippen LogP contribution in [0.5, 0.6) is 0 Å². The molecule has 0 fully saturated rings. The van der Waals surface area contributed by atoms with Crippen LogP contribution in [0.15, 0.2) is 77.7 Å². The minimum absolute atomic E-state index is 0.0339. The zero-order chi connectivity index (χ0) is 22.4. The van der Waals surface area contributed by atoms with E-state index in [0.29, 0.717) is 10.7 Å². The number of hydrogen-bond acceptors (Lipinski definition) is 3. The summed E-state index contributed by atoms with van der Waals surface area (Å²) < 4.78 is 41.6. The van der Waals surface area contributed by atoms with Gasteiger partial charge in [0.15, 0.2) is 0 Å². The van der Waals surface area contributed by atoms with Crippen molar-refractivity contribution in [3.63, 3.8) is 0 Å². The Labute approximate surface area is 186 Å². The molecular formula is C23H22ClFN2O3S. The number of amides is 1. The Kier molecular flexibility index (Phi) is 7.43. The standard InChI is InChI=1S/C23H22ClFN2O3S/c1-2-17-7-11-20(12-8-17)26-23(28)16-27(15-18-5-3-4-6-22(18)25)31(29,30)21-13-9-19(24)10-14-21/h3-14H,2,15-16H2,1H3,(H,26,28). The van der Waals surface area contributed by atoms with Crippen LogP contribution < -0.4 is 5.32 Å². The van der Waals surface area contributed by atoms with Crippen molar-refractivity contribution in [3.8, 4) is 0 Å². The van der Waals surface area contributed by atoms with Crippen LogP contribution in [0, 0.1) is 5.82 Å².